The molecule has 0 saturated carbocycles. The molecule has 0 N–H and O–H groups in total. The highest BCUT2D eigenvalue weighted by Gasteiger charge is 2.34. The lowest BCUT2D eigenvalue weighted by Crippen LogP contribution is -2.19. The van der Waals surface area contributed by atoms with E-state index >= 15 is 0 Å². The Morgan fingerprint density at radius 1 is 0.690 bits per heavy atom. The van der Waals surface area contributed by atoms with Crippen LogP contribution in [0.15, 0.2) is 42.5 Å². The first-order valence-corrected chi connectivity index (χ1v) is 7.37. The Bertz CT molecular complexity index is 929. The van der Waals surface area contributed by atoms with Crippen LogP contribution in [0.1, 0.15) is 17.3 Å². The number of rotatable bonds is 6. The molecule has 2 rings (SSSR count). The molecule has 0 radical (unpaired) electrons. The molecule has 0 bridgehead atoms. The van der Waals surface area contributed by atoms with Crippen molar-refractivity contribution in [3.05, 3.63) is 104 Å². The van der Waals surface area contributed by atoms with Crippen molar-refractivity contribution in [2.75, 3.05) is 0 Å². The molecule has 0 saturated heterocycles. The summed E-state index contributed by atoms with van der Waals surface area (Å²) in [6.07, 6.45) is -1.86. The molecule has 0 aliphatic rings. The standard InChI is InChI=1S/C7H5N3O6.C7H6N2O4/c1-4-6(9(13)14)2-5(8(11)12)3-7(4)10(15)16;10-8(11)7(9(12)13)6-4-2-1-3-5-6/h2-3H,1H3;1-5,7H. The van der Waals surface area contributed by atoms with Crippen LogP contribution in [0.5, 0.6) is 0 Å². The van der Waals surface area contributed by atoms with E-state index in [0.717, 1.165) is 0 Å². The van der Waals surface area contributed by atoms with Crippen molar-refractivity contribution in [3.8, 4) is 0 Å². The second-order valence-electron chi connectivity index (χ2n) is 5.24. The van der Waals surface area contributed by atoms with Crippen molar-refractivity contribution in [2.24, 2.45) is 0 Å². The van der Waals surface area contributed by atoms with Crippen LogP contribution in [0.25, 0.3) is 0 Å². The van der Waals surface area contributed by atoms with Crippen molar-refractivity contribution < 1.29 is 24.6 Å². The molecule has 15 nitrogen and oxygen atoms in total. The number of nitro benzene ring substituents is 3. The quantitative estimate of drug-likeness (QED) is 0.386. The minimum atomic E-state index is -1.86. The molecule has 2 aromatic rings. The van der Waals surface area contributed by atoms with E-state index in [9.17, 15) is 50.6 Å². The van der Waals surface area contributed by atoms with Gasteiger partial charge in [-0.3, -0.25) is 50.6 Å². The normalized spacial score (nSPS) is 9.86. The zero-order valence-electron chi connectivity index (χ0n) is 14.4. The summed E-state index contributed by atoms with van der Waals surface area (Å²) in [4.78, 5) is 47.5. The molecular formula is C14H11N5O10. The van der Waals surface area contributed by atoms with Gasteiger partial charge in [-0.15, -0.1) is 0 Å². The van der Waals surface area contributed by atoms with Gasteiger partial charge in [0.2, 0.25) is 0 Å². The van der Waals surface area contributed by atoms with Crippen molar-refractivity contribution in [1.82, 2.24) is 0 Å². The van der Waals surface area contributed by atoms with Gasteiger partial charge in [-0.1, -0.05) is 18.2 Å². The Morgan fingerprint density at radius 3 is 1.41 bits per heavy atom. The molecule has 29 heavy (non-hydrogen) atoms. The van der Waals surface area contributed by atoms with Gasteiger partial charge in [0.05, 0.1) is 26.9 Å². The predicted octanol–water partition coefficient (Wildman–Crippen LogP) is 2.96. The minimum Gasteiger partial charge on any atom is -0.258 e. The van der Waals surface area contributed by atoms with Crippen LogP contribution in [-0.4, -0.2) is 24.6 Å². The van der Waals surface area contributed by atoms with Gasteiger partial charge in [0.1, 0.15) is 21.0 Å². The number of benzene rings is 2. The van der Waals surface area contributed by atoms with Gasteiger partial charge < -0.3 is 0 Å². The zero-order valence-corrected chi connectivity index (χ0v) is 14.4. The third-order valence-corrected chi connectivity index (χ3v) is 3.44. The summed E-state index contributed by atoms with van der Waals surface area (Å²) < 4.78 is 0. The van der Waals surface area contributed by atoms with Gasteiger partial charge in [-0.2, -0.15) is 0 Å². The summed E-state index contributed by atoms with van der Waals surface area (Å²) in [5.41, 5.74) is -2.08. The molecule has 0 atom stereocenters. The fraction of sp³-hybridized carbons (Fsp3) is 0.143. The number of hydrogen-bond donors (Lipinski definition) is 0. The van der Waals surface area contributed by atoms with Crippen molar-refractivity contribution >= 4 is 17.1 Å². The highest BCUT2D eigenvalue weighted by Crippen LogP contribution is 2.32. The Morgan fingerprint density at radius 2 is 1.10 bits per heavy atom. The second-order valence-corrected chi connectivity index (χ2v) is 5.24. The smallest absolute Gasteiger partial charge is 0.258 e. The first kappa shape index (κ1) is 22.5. The highest BCUT2D eigenvalue weighted by molar-refractivity contribution is 5.59. The Labute approximate surface area is 159 Å². The fourth-order valence-corrected chi connectivity index (χ4v) is 2.10. The molecule has 0 amide bonds. The Kier molecular flexibility index (Phi) is 7.29. The first-order chi connectivity index (χ1) is 13.5. The lowest BCUT2D eigenvalue weighted by Gasteiger charge is -2.00. The number of nitro groups is 5. The number of hydrogen-bond acceptors (Lipinski definition) is 10. The molecule has 0 fully saturated rings. The van der Waals surface area contributed by atoms with Gasteiger partial charge in [0, 0.05) is 0 Å². The summed E-state index contributed by atoms with van der Waals surface area (Å²) in [6, 6.07) is 8.79. The molecule has 0 aromatic heterocycles. The monoisotopic (exact) mass is 409 g/mol. The third kappa shape index (κ3) is 5.71. The van der Waals surface area contributed by atoms with E-state index in [4.69, 9.17) is 0 Å². The van der Waals surface area contributed by atoms with E-state index in [1.807, 2.05) is 0 Å². The van der Waals surface area contributed by atoms with E-state index in [2.05, 4.69) is 0 Å². The maximum Gasteiger partial charge on any atom is 0.476 e. The van der Waals surface area contributed by atoms with Gasteiger partial charge in [-0.25, -0.2) is 0 Å². The van der Waals surface area contributed by atoms with Crippen molar-refractivity contribution in [2.45, 2.75) is 13.1 Å². The molecule has 0 spiro atoms. The molecule has 152 valence electrons. The van der Waals surface area contributed by atoms with Crippen LogP contribution < -0.4 is 0 Å². The SMILES string of the molecule is Cc1c([N+](=O)[O-])cc([N+](=O)[O-])cc1[N+](=O)[O-].O=[N+]([O-])C(c1ccccc1)[N+](=O)[O-]. The zero-order chi connectivity index (χ0) is 22.3. The Hall–Kier alpha value is -4.56. The molecule has 0 aliphatic carbocycles. The van der Waals surface area contributed by atoms with Crippen LogP contribution in [-0.2, 0) is 0 Å². The summed E-state index contributed by atoms with van der Waals surface area (Å²) in [6.45, 7) is 1.17. The first-order valence-electron chi connectivity index (χ1n) is 7.37. The van der Waals surface area contributed by atoms with Crippen LogP contribution in [0.3, 0.4) is 0 Å². The van der Waals surface area contributed by atoms with Crippen LogP contribution in [0, 0.1) is 57.5 Å². The third-order valence-electron chi connectivity index (χ3n) is 3.44. The number of non-ortho nitro benzene ring substituents is 1. The lowest BCUT2D eigenvalue weighted by molar-refractivity contribution is -0.752. The molecule has 2 aromatic carbocycles. The minimum absolute atomic E-state index is 0.0810. The largest absolute Gasteiger partial charge is 0.476 e. The van der Waals surface area contributed by atoms with Crippen molar-refractivity contribution in [3.63, 3.8) is 0 Å². The van der Waals surface area contributed by atoms with E-state index in [0.29, 0.717) is 12.1 Å². The van der Waals surface area contributed by atoms with E-state index in [-0.39, 0.29) is 11.1 Å². The fourth-order valence-electron chi connectivity index (χ4n) is 2.10. The van der Waals surface area contributed by atoms with Crippen LogP contribution >= 0.6 is 0 Å². The number of nitrogens with zero attached hydrogens (tertiary/aromatic N) is 5. The summed E-state index contributed by atoms with van der Waals surface area (Å²) in [5.74, 6) is 0. The van der Waals surface area contributed by atoms with Crippen molar-refractivity contribution in [1.29, 1.82) is 0 Å². The summed E-state index contributed by atoms with van der Waals surface area (Å²) >= 11 is 0. The summed E-state index contributed by atoms with van der Waals surface area (Å²) in [7, 11) is 0. The maximum absolute atomic E-state index is 10.5. The Balaban J connectivity index is 0.000000296. The molecule has 0 heterocycles. The predicted molar refractivity (Wildman–Crippen MR) is 94.3 cm³/mol. The van der Waals surface area contributed by atoms with Gasteiger partial charge >= 0.3 is 6.17 Å². The van der Waals surface area contributed by atoms with Crippen LogP contribution in [0.2, 0.25) is 0 Å². The van der Waals surface area contributed by atoms with E-state index < -0.39 is 47.8 Å². The van der Waals surface area contributed by atoms with Gasteiger partial charge in [0.25, 0.3) is 17.1 Å². The lowest BCUT2D eigenvalue weighted by atomic mass is 10.1. The molecule has 15 heteroatoms. The average Bonchev–Trinajstić information content (AvgIpc) is 2.62. The second kappa shape index (κ2) is 9.40. The van der Waals surface area contributed by atoms with Gasteiger partial charge in [-0.05, 0) is 19.1 Å². The van der Waals surface area contributed by atoms with E-state index in [1.165, 1.54) is 31.2 Å². The van der Waals surface area contributed by atoms with Crippen LogP contribution in [0.4, 0.5) is 17.1 Å². The topological polar surface area (TPSA) is 216 Å². The van der Waals surface area contributed by atoms with Gasteiger partial charge in [0.15, 0.2) is 0 Å². The maximum atomic E-state index is 10.5. The molecular weight excluding hydrogens is 398 g/mol. The highest BCUT2D eigenvalue weighted by atomic mass is 16.7. The molecule has 0 unspecified atom stereocenters. The summed E-state index contributed by atoms with van der Waals surface area (Å²) in [5, 5.41) is 52.1. The average molecular weight is 409 g/mol. The molecule has 0 aliphatic heterocycles. The van der Waals surface area contributed by atoms with E-state index in [1.54, 1.807) is 6.07 Å².